The van der Waals surface area contributed by atoms with Crippen LogP contribution < -0.4 is 0 Å². The molecule has 1 fully saturated rings. The van der Waals surface area contributed by atoms with E-state index in [2.05, 4.69) is 6.92 Å². The molecule has 0 bridgehead atoms. The van der Waals surface area contributed by atoms with Crippen LogP contribution in [0.1, 0.15) is 116 Å². The van der Waals surface area contributed by atoms with Gasteiger partial charge in [0.25, 0.3) is 0 Å². The number of rotatable bonds is 21. The van der Waals surface area contributed by atoms with Crippen molar-refractivity contribution < 1.29 is 24.4 Å². The van der Waals surface area contributed by atoms with Gasteiger partial charge in [-0.2, -0.15) is 0 Å². The first kappa shape index (κ1) is 26.8. The lowest BCUT2D eigenvalue weighted by Crippen LogP contribution is -2.27. The number of aliphatic hydroxyl groups is 1. The molecular formula is C24H48O5. The van der Waals surface area contributed by atoms with Crippen molar-refractivity contribution in [3.63, 3.8) is 0 Å². The van der Waals surface area contributed by atoms with E-state index >= 15 is 0 Å². The Kier molecular flexibility index (Phi) is 19.5. The van der Waals surface area contributed by atoms with Crippen LogP contribution in [0.3, 0.4) is 0 Å². The number of hydrogen-bond donors (Lipinski definition) is 1. The van der Waals surface area contributed by atoms with Crippen molar-refractivity contribution in [2.75, 3.05) is 26.4 Å². The second-order valence-corrected chi connectivity index (χ2v) is 8.50. The van der Waals surface area contributed by atoms with Crippen LogP contribution in [0.4, 0.5) is 0 Å². The smallest absolute Gasteiger partial charge is 0.191 e. The van der Waals surface area contributed by atoms with Crippen LogP contribution in [-0.2, 0) is 19.2 Å². The van der Waals surface area contributed by atoms with Crippen molar-refractivity contribution in [2.24, 2.45) is 0 Å². The highest BCUT2D eigenvalue weighted by Crippen LogP contribution is 2.14. The van der Waals surface area contributed by atoms with Gasteiger partial charge < -0.3 is 14.6 Å². The second-order valence-electron chi connectivity index (χ2n) is 8.50. The zero-order valence-corrected chi connectivity index (χ0v) is 19.1. The van der Waals surface area contributed by atoms with Gasteiger partial charge in [-0.15, -0.1) is 0 Å². The topological polar surface area (TPSA) is 57.2 Å². The van der Waals surface area contributed by atoms with Crippen molar-refractivity contribution in [3.8, 4) is 0 Å². The van der Waals surface area contributed by atoms with Gasteiger partial charge in [0.15, 0.2) is 6.29 Å². The fourth-order valence-corrected chi connectivity index (χ4v) is 3.65. The number of unbranched alkanes of at least 4 members (excludes halogenated alkanes) is 13. The van der Waals surface area contributed by atoms with Crippen LogP contribution in [0.2, 0.25) is 0 Å². The first-order valence-electron chi connectivity index (χ1n) is 12.5. The summed E-state index contributed by atoms with van der Waals surface area (Å²) in [5.74, 6) is 0. The van der Waals surface area contributed by atoms with E-state index < -0.39 is 6.10 Å². The van der Waals surface area contributed by atoms with Crippen molar-refractivity contribution >= 4 is 0 Å². The molecule has 29 heavy (non-hydrogen) atoms. The monoisotopic (exact) mass is 416 g/mol. The highest BCUT2D eigenvalue weighted by atomic mass is 17.2. The maximum Gasteiger partial charge on any atom is 0.191 e. The number of aliphatic hydroxyl groups excluding tert-OH is 1. The van der Waals surface area contributed by atoms with E-state index in [1.165, 1.54) is 83.5 Å². The molecule has 0 aromatic carbocycles. The van der Waals surface area contributed by atoms with Gasteiger partial charge in [0.2, 0.25) is 0 Å². The lowest BCUT2D eigenvalue weighted by molar-refractivity contribution is -0.390. The van der Waals surface area contributed by atoms with Crippen LogP contribution in [-0.4, -0.2) is 43.9 Å². The molecule has 0 amide bonds. The van der Waals surface area contributed by atoms with E-state index in [0.717, 1.165) is 32.3 Å². The molecule has 1 saturated heterocycles. The largest absolute Gasteiger partial charge is 0.388 e. The van der Waals surface area contributed by atoms with Crippen molar-refractivity contribution in [1.82, 2.24) is 0 Å². The second kappa shape index (κ2) is 21.0. The molecule has 0 aromatic heterocycles. The highest BCUT2D eigenvalue weighted by molar-refractivity contribution is 4.54. The number of ether oxygens (including phenoxy) is 2. The highest BCUT2D eigenvalue weighted by Gasteiger charge is 2.16. The predicted molar refractivity (Wildman–Crippen MR) is 118 cm³/mol. The van der Waals surface area contributed by atoms with Crippen LogP contribution in [0, 0.1) is 0 Å². The third-order valence-electron chi connectivity index (χ3n) is 5.53. The van der Waals surface area contributed by atoms with Gasteiger partial charge >= 0.3 is 0 Å². The molecule has 0 aromatic rings. The summed E-state index contributed by atoms with van der Waals surface area (Å²) in [4.78, 5) is 10.2. The molecule has 174 valence electrons. The average Bonchev–Trinajstić information content (AvgIpc) is 2.74. The molecule has 1 rings (SSSR count). The Balaban J connectivity index is 1.71. The Hall–Kier alpha value is -0.200. The standard InChI is InChI=1S/C24H48O5/c1-2-3-4-5-6-7-8-9-10-11-12-13-14-16-19-26-21-23(25)22-28-29-24-18-15-17-20-27-24/h23-25H,2-22H2,1H3/t23-,24?/m0/s1. The molecule has 1 N–H and O–H groups in total. The Morgan fingerprint density at radius 2 is 1.38 bits per heavy atom. The number of hydrogen-bond acceptors (Lipinski definition) is 5. The molecule has 1 unspecified atom stereocenters. The normalized spacial score (nSPS) is 18.2. The minimum Gasteiger partial charge on any atom is -0.388 e. The maximum absolute atomic E-state index is 9.82. The van der Waals surface area contributed by atoms with E-state index in [0.29, 0.717) is 13.2 Å². The molecule has 5 nitrogen and oxygen atoms in total. The summed E-state index contributed by atoms with van der Waals surface area (Å²) in [6.07, 6.45) is 21.1. The first-order chi connectivity index (χ1) is 14.3. The van der Waals surface area contributed by atoms with Gasteiger partial charge in [-0.05, 0) is 19.3 Å². The van der Waals surface area contributed by atoms with Crippen LogP contribution in [0.15, 0.2) is 0 Å². The molecule has 1 aliphatic rings. The summed E-state index contributed by atoms with van der Waals surface area (Å²) in [5.41, 5.74) is 0. The van der Waals surface area contributed by atoms with Crippen LogP contribution >= 0.6 is 0 Å². The third-order valence-corrected chi connectivity index (χ3v) is 5.53. The molecule has 0 saturated carbocycles. The summed E-state index contributed by atoms with van der Waals surface area (Å²) < 4.78 is 10.9. The van der Waals surface area contributed by atoms with Crippen molar-refractivity contribution in [2.45, 2.75) is 128 Å². The quantitative estimate of drug-likeness (QED) is 0.135. The summed E-state index contributed by atoms with van der Waals surface area (Å²) in [5, 5.41) is 9.82. The molecule has 0 radical (unpaired) electrons. The summed E-state index contributed by atoms with van der Waals surface area (Å²) in [6, 6.07) is 0. The van der Waals surface area contributed by atoms with Gasteiger partial charge in [0, 0.05) is 19.6 Å². The average molecular weight is 417 g/mol. The molecular weight excluding hydrogens is 368 g/mol. The van der Waals surface area contributed by atoms with E-state index in [1.807, 2.05) is 0 Å². The van der Waals surface area contributed by atoms with E-state index in [1.54, 1.807) is 0 Å². The molecule has 0 aliphatic carbocycles. The Bertz CT molecular complexity index is 320. The zero-order chi connectivity index (χ0) is 20.8. The Morgan fingerprint density at radius 3 is 1.93 bits per heavy atom. The minimum absolute atomic E-state index is 0.124. The van der Waals surface area contributed by atoms with E-state index in [4.69, 9.17) is 19.2 Å². The Morgan fingerprint density at radius 1 is 0.793 bits per heavy atom. The van der Waals surface area contributed by atoms with Gasteiger partial charge in [0.05, 0.1) is 6.61 Å². The molecule has 0 spiro atoms. The van der Waals surface area contributed by atoms with Crippen molar-refractivity contribution in [1.29, 1.82) is 0 Å². The van der Waals surface area contributed by atoms with Crippen LogP contribution in [0.25, 0.3) is 0 Å². The summed E-state index contributed by atoms with van der Waals surface area (Å²) in [7, 11) is 0. The summed E-state index contributed by atoms with van der Waals surface area (Å²) >= 11 is 0. The summed E-state index contributed by atoms with van der Waals surface area (Å²) in [6.45, 7) is 4.13. The lowest BCUT2D eigenvalue weighted by atomic mass is 10.0. The molecule has 1 aliphatic heterocycles. The molecule has 1 heterocycles. The molecule has 5 heteroatoms. The van der Waals surface area contributed by atoms with Gasteiger partial charge in [-0.3, -0.25) is 0 Å². The third kappa shape index (κ3) is 18.3. The van der Waals surface area contributed by atoms with Crippen LogP contribution in [0.5, 0.6) is 0 Å². The zero-order valence-electron chi connectivity index (χ0n) is 19.1. The van der Waals surface area contributed by atoms with E-state index in [-0.39, 0.29) is 12.9 Å². The fraction of sp³-hybridized carbons (Fsp3) is 1.00. The SMILES string of the molecule is CCCCCCCCCCCCCCCCOC[C@H](O)COOC1CCCCO1. The van der Waals surface area contributed by atoms with E-state index in [9.17, 15) is 5.11 Å². The predicted octanol–water partition coefficient (Wildman–Crippen LogP) is 6.32. The molecule has 2 atom stereocenters. The van der Waals surface area contributed by atoms with Crippen molar-refractivity contribution in [3.05, 3.63) is 0 Å². The first-order valence-corrected chi connectivity index (χ1v) is 12.5. The van der Waals surface area contributed by atoms with Gasteiger partial charge in [0.1, 0.15) is 12.7 Å². The minimum atomic E-state index is -0.648. The Labute approximate surface area is 179 Å². The lowest BCUT2D eigenvalue weighted by Gasteiger charge is -2.21. The maximum atomic E-state index is 9.82. The fourth-order valence-electron chi connectivity index (χ4n) is 3.65. The van der Waals surface area contributed by atoms with Gasteiger partial charge in [-0.25, -0.2) is 9.78 Å². The van der Waals surface area contributed by atoms with Gasteiger partial charge in [-0.1, -0.05) is 90.4 Å².